The number of carbonyl (C=O) groups excluding carboxylic acids is 2. The summed E-state index contributed by atoms with van der Waals surface area (Å²) in [6.07, 6.45) is 1.88. The molecule has 4 rings (SSSR count). The molecular formula is C26H30N2O5. The second kappa shape index (κ2) is 10.1. The maximum Gasteiger partial charge on any atom is 0.407 e. The third kappa shape index (κ3) is 5.18. The Bertz CT molecular complexity index is 991. The van der Waals surface area contributed by atoms with Gasteiger partial charge in [0, 0.05) is 23.9 Å². The third-order valence-electron chi connectivity index (χ3n) is 6.73. The van der Waals surface area contributed by atoms with Crippen molar-refractivity contribution in [3.05, 3.63) is 59.7 Å². The maximum atomic E-state index is 12.5. The third-order valence-corrected chi connectivity index (χ3v) is 6.73. The van der Waals surface area contributed by atoms with Crippen molar-refractivity contribution in [2.24, 2.45) is 5.92 Å². The molecule has 174 valence electrons. The van der Waals surface area contributed by atoms with Gasteiger partial charge >= 0.3 is 12.1 Å². The summed E-state index contributed by atoms with van der Waals surface area (Å²) in [7, 11) is 0. The molecule has 3 atom stereocenters. The number of carboxylic acid groups (broad SMARTS) is 1. The standard InChI is InChI=1S/C26H30N2O5/c1-2-17(14-24(29)30)27-25(31)16-11-12-18(13-16)28-26(32)33-15-23-21-9-5-3-7-19(21)20-8-4-6-10-22(20)23/h3-10,16-18,23H,2,11-15H2,1H3,(H,27,31)(H,28,32)(H,29,30)/t16?,17-,18?/m0/s1. The van der Waals surface area contributed by atoms with E-state index in [-0.39, 0.29) is 42.9 Å². The van der Waals surface area contributed by atoms with Crippen molar-refractivity contribution in [2.45, 2.75) is 57.0 Å². The number of hydrogen-bond acceptors (Lipinski definition) is 4. The molecule has 0 saturated heterocycles. The van der Waals surface area contributed by atoms with Crippen molar-refractivity contribution >= 4 is 18.0 Å². The predicted molar refractivity (Wildman–Crippen MR) is 124 cm³/mol. The summed E-state index contributed by atoms with van der Waals surface area (Å²) in [5, 5.41) is 14.7. The molecule has 1 fully saturated rings. The molecular weight excluding hydrogens is 420 g/mol. The number of carbonyl (C=O) groups is 3. The van der Waals surface area contributed by atoms with Crippen LogP contribution in [0.25, 0.3) is 11.1 Å². The first-order valence-electron chi connectivity index (χ1n) is 11.6. The average molecular weight is 451 g/mol. The Morgan fingerprint density at radius 1 is 1.03 bits per heavy atom. The molecule has 7 heteroatoms. The van der Waals surface area contributed by atoms with Crippen LogP contribution in [0.15, 0.2) is 48.5 Å². The second-order valence-corrected chi connectivity index (χ2v) is 8.89. The van der Waals surface area contributed by atoms with Gasteiger partial charge in [-0.15, -0.1) is 0 Å². The molecule has 0 radical (unpaired) electrons. The van der Waals surface area contributed by atoms with Crippen molar-refractivity contribution in [3.63, 3.8) is 0 Å². The molecule has 2 aliphatic carbocycles. The van der Waals surface area contributed by atoms with Crippen LogP contribution in [0.5, 0.6) is 0 Å². The molecule has 1 saturated carbocycles. The van der Waals surface area contributed by atoms with Gasteiger partial charge in [0.15, 0.2) is 0 Å². The lowest BCUT2D eigenvalue weighted by atomic mass is 9.98. The van der Waals surface area contributed by atoms with E-state index in [1.165, 1.54) is 11.1 Å². The Kier molecular flexibility index (Phi) is 6.96. The Labute approximate surface area is 193 Å². The lowest BCUT2D eigenvalue weighted by Crippen LogP contribution is -2.40. The topological polar surface area (TPSA) is 105 Å². The van der Waals surface area contributed by atoms with Crippen molar-refractivity contribution in [1.29, 1.82) is 0 Å². The molecule has 2 amide bonds. The van der Waals surface area contributed by atoms with E-state index in [0.717, 1.165) is 11.1 Å². The quantitative estimate of drug-likeness (QED) is 0.563. The number of benzene rings is 2. The second-order valence-electron chi connectivity index (χ2n) is 8.89. The Hall–Kier alpha value is -3.35. The fraction of sp³-hybridized carbons (Fsp3) is 0.423. The summed E-state index contributed by atoms with van der Waals surface area (Å²) in [6.45, 7) is 2.11. The molecule has 2 aromatic rings. The van der Waals surface area contributed by atoms with E-state index in [4.69, 9.17) is 9.84 Å². The highest BCUT2D eigenvalue weighted by atomic mass is 16.5. The molecule has 3 N–H and O–H groups in total. The van der Waals surface area contributed by atoms with Crippen LogP contribution in [0, 0.1) is 5.92 Å². The summed E-state index contributed by atoms with van der Waals surface area (Å²) < 4.78 is 5.61. The van der Waals surface area contributed by atoms with Gasteiger partial charge < -0.3 is 20.5 Å². The number of nitrogens with one attached hydrogen (secondary N) is 2. The number of fused-ring (bicyclic) bond motifs is 3. The minimum absolute atomic E-state index is 0.00506. The number of aliphatic carboxylic acids is 1. The van der Waals surface area contributed by atoms with Gasteiger partial charge in [-0.25, -0.2) is 4.79 Å². The molecule has 0 aromatic heterocycles. The molecule has 7 nitrogen and oxygen atoms in total. The molecule has 2 unspecified atom stereocenters. The Morgan fingerprint density at radius 2 is 1.67 bits per heavy atom. The van der Waals surface area contributed by atoms with E-state index < -0.39 is 12.1 Å². The highest BCUT2D eigenvalue weighted by Gasteiger charge is 2.33. The zero-order valence-corrected chi connectivity index (χ0v) is 18.8. The SMILES string of the molecule is CC[C@@H](CC(=O)O)NC(=O)C1CCC(NC(=O)OCC2c3ccccc3-c3ccccc32)C1. The predicted octanol–water partition coefficient (Wildman–Crippen LogP) is 4.06. The van der Waals surface area contributed by atoms with Crippen LogP contribution < -0.4 is 10.6 Å². The molecule has 33 heavy (non-hydrogen) atoms. The number of amides is 2. The van der Waals surface area contributed by atoms with Crippen LogP contribution in [-0.4, -0.2) is 41.8 Å². The summed E-state index contributed by atoms with van der Waals surface area (Å²) >= 11 is 0. The van der Waals surface area contributed by atoms with E-state index >= 15 is 0 Å². The number of alkyl carbamates (subject to hydrolysis) is 1. The fourth-order valence-electron chi connectivity index (χ4n) is 4.98. The maximum absolute atomic E-state index is 12.5. The van der Waals surface area contributed by atoms with Gasteiger partial charge in [-0.1, -0.05) is 55.5 Å². The molecule has 0 heterocycles. The van der Waals surface area contributed by atoms with Crippen LogP contribution in [0.1, 0.15) is 56.1 Å². The summed E-state index contributed by atoms with van der Waals surface area (Å²) in [5.74, 6) is -1.29. The first-order chi connectivity index (χ1) is 16.0. The van der Waals surface area contributed by atoms with Gasteiger partial charge in [-0.2, -0.15) is 0 Å². The molecule has 2 aromatic carbocycles. The highest BCUT2D eigenvalue weighted by molar-refractivity contribution is 5.81. The molecule has 2 aliphatic rings. The van der Waals surface area contributed by atoms with E-state index in [1.54, 1.807) is 0 Å². The van der Waals surface area contributed by atoms with E-state index in [2.05, 4.69) is 34.9 Å². The number of carboxylic acids is 1. The highest BCUT2D eigenvalue weighted by Crippen LogP contribution is 2.44. The average Bonchev–Trinajstić information content (AvgIpc) is 3.39. The monoisotopic (exact) mass is 450 g/mol. The van der Waals surface area contributed by atoms with E-state index in [0.29, 0.717) is 25.7 Å². The molecule has 0 spiro atoms. The van der Waals surface area contributed by atoms with Crippen molar-refractivity contribution in [3.8, 4) is 11.1 Å². The first kappa shape index (κ1) is 22.8. The van der Waals surface area contributed by atoms with Crippen molar-refractivity contribution in [2.75, 3.05) is 6.61 Å². The van der Waals surface area contributed by atoms with Gasteiger partial charge in [-0.05, 0) is 47.9 Å². The summed E-state index contributed by atoms with van der Waals surface area (Å²) in [6, 6.07) is 15.9. The van der Waals surface area contributed by atoms with Crippen LogP contribution in [0.2, 0.25) is 0 Å². The summed E-state index contributed by atoms with van der Waals surface area (Å²) in [5.41, 5.74) is 4.69. The lowest BCUT2D eigenvalue weighted by molar-refractivity contribution is -0.137. The number of ether oxygens (including phenoxy) is 1. The van der Waals surface area contributed by atoms with Crippen LogP contribution >= 0.6 is 0 Å². The van der Waals surface area contributed by atoms with E-state index in [1.807, 2.05) is 31.2 Å². The minimum Gasteiger partial charge on any atom is -0.481 e. The minimum atomic E-state index is -0.927. The van der Waals surface area contributed by atoms with Crippen LogP contribution in [0.4, 0.5) is 4.79 Å². The first-order valence-corrected chi connectivity index (χ1v) is 11.6. The van der Waals surface area contributed by atoms with Gasteiger partial charge in [0.05, 0.1) is 6.42 Å². The Balaban J connectivity index is 1.28. The smallest absolute Gasteiger partial charge is 0.407 e. The largest absolute Gasteiger partial charge is 0.481 e. The fourth-order valence-corrected chi connectivity index (χ4v) is 4.98. The van der Waals surface area contributed by atoms with Gasteiger partial charge in [0.1, 0.15) is 6.61 Å². The van der Waals surface area contributed by atoms with Gasteiger partial charge in [0.2, 0.25) is 5.91 Å². The normalized spacial score (nSPS) is 19.9. The van der Waals surface area contributed by atoms with Gasteiger partial charge in [0.25, 0.3) is 0 Å². The molecule has 0 bridgehead atoms. The zero-order chi connectivity index (χ0) is 23.4. The van der Waals surface area contributed by atoms with Crippen molar-refractivity contribution < 1.29 is 24.2 Å². The Morgan fingerprint density at radius 3 is 2.27 bits per heavy atom. The van der Waals surface area contributed by atoms with Crippen LogP contribution in [0.3, 0.4) is 0 Å². The van der Waals surface area contributed by atoms with Crippen LogP contribution in [-0.2, 0) is 14.3 Å². The zero-order valence-electron chi connectivity index (χ0n) is 18.8. The lowest BCUT2D eigenvalue weighted by Gasteiger charge is -2.19. The van der Waals surface area contributed by atoms with E-state index in [9.17, 15) is 14.4 Å². The van der Waals surface area contributed by atoms with Crippen molar-refractivity contribution in [1.82, 2.24) is 10.6 Å². The number of hydrogen-bond donors (Lipinski definition) is 3. The van der Waals surface area contributed by atoms with Gasteiger partial charge in [-0.3, -0.25) is 9.59 Å². The molecule has 0 aliphatic heterocycles. The summed E-state index contributed by atoms with van der Waals surface area (Å²) in [4.78, 5) is 35.9. The number of rotatable bonds is 8.